The Kier molecular flexibility index (Phi) is 4.90. The maximum absolute atomic E-state index is 10.4. The van der Waals surface area contributed by atoms with Gasteiger partial charge < -0.3 is 10.3 Å². The fourth-order valence-electron chi connectivity index (χ4n) is 0.923. The molecule has 0 aliphatic rings. The molecule has 0 fully saturated rings. The lowest BCUT2D eigenvalue weighted by Gasteiger charge is -1.94. The molecule has 2 aromatic heterocycles. The van der Waals surface area contributed by atoms with Crippen molar-refractivity contribution in [2.24, 2.45) is 0 Å². The Balaban J connectivity index is 0.000000181. The molecule has 0 saturated heterocycles. The average Bonchev–Trinajstić information content (AvgIpc) is 2.31. The predicted molar refractivity (Wildman–Crippen MR) is 61.6 cm³/mol. The molecule has 0 saturated carbocycles. The third kappa shape index (κ3) is 4.94. The van der Waals surface area contributed by atoms with Gasteiger partial charge in [-0.3, -0.25) is 0 Å². The molecule has 0 aliphatic carbocycles. The number of hydrogen-bond acceptors (Lipinski definition) is 3. The second-order valence-corrected chi connectivity index (χ2v) is 3.30. The van der Waals surface area contributed by atoms with Crippen LogP contribution in [0, 0.1) is 5.21 Å². The molecule has 0 radical (unpaired) electrons. The van der Waals surface area contributed by atoms with E-state index in [0.29, 0.717) is 9.88 Å². The summed E-state index contributed by atoms with van der Waals surface area (Å²) in [5.74, 6) is -1.09. The Morgan fingerprint density at radius 2 is 2.12 bits per heavy atom. The summed E-state index contributed by atoms with van der Waals surface area (Å²) in [6.45, 7) is 0. The number of aromatic nitrogens is 2. The van der Waals surface area contributed by atoms with Crippen molar-refractivity contribution in [1.82, 2.24) is 4.98 Å². The van der Waals surface area contributed by atoms with Gasteiger partial charge in [-0.05, 0) is 18.2 Å². The Hall–Kier alpha value is -2.14. The van der Waals surface area contributed by atoms with Crippen LogP contribution in [0.25, 0.3) is 0 Å². The van der Waals surface area contributed by atoms with E-state index in [1.54, 1.807) is 12.3 Å². The number of rotatable bonds is 1. The molecule has 1 N–H and O–H groups in total. The normalized spacial score (nSPS) is 9.00. The minimum atomic E-state index is -1.09. The highest BCUT2D eigenvalue weighted by Gasteiger charge is 2.03. The van der Waals surface area contributed by atoms with Crippen molar-refractivity contribution >= 4 is 17.6 Å². The molecule has 88 valence electrons. The molecule has 0 amide bonds. The average molecular weight is 253 g/mol. The van der Waals surface area contributed by atoms with Gasteiger partial charge in [0, 0.05) is 12.3 Å². The number of carbonyl (C=O) groups is 1. The standard InChI is InChI=1S/C6H5NO3.C5H4ClN/c8-6(9)5-2-1-3-7(10)4-5;6-5-3-1-2-4-7-5/h1-4H,(H,8,9);1-4H. The number of carboxylic acid groups (broad SMARTS) is 1. The fourth-order valence-corrected chi connectivity index (χ4v) is 1.05. The van der Waals surface area contributed by atoms with Crippen LogP contribution >= 0.6 is 11.6 Å². The second kappa shape index (κ2) is 6.44. The molecular weight excluding hydrogens is 244 g/mol. The number of halogens is 1. The van der Waals surface area contributed by atoms with E-state index in [1.807, 2.05) is 12.1 Å². The van der Waals surface area contributed by atoms with Crippen molar-refractivity contribution in [3.63, 3.8) is 0 Å². The molecule has 5 nitrogen and oxygen atoms in total. The first-order chi connectivity index (χ1) is 8.09. The maximum Gasteiger partial charge on any atom is 0.341 e. The number of pyridine rings is 2. The van der Waals surface area contributed by atoms with E-state index in [0.717, 1.165) is 6.20 Å². The number of nitrogens with zero attached hydrogens (tertiary/aromatic N) is 2. The largest absolute Gasteiger partial charge is 0.619 e. The van der Waals surface area contributed by atoms with Crippen molar-refractivity contribution < 1.29 is 14.6 Å². The number of hydrogen-bond donors (Lipinski definition) is 1. The molecule has 17 heavy (non-hydrogen) atoms. The van der Waals surface area contributed by atoms with Gasteiger partial charge in [0.15, 0.2) is 12.4 Å². The monoisotopic (exact) mass is 252 g/mol. The van der Waals surface area contributed by atoms with Crippen molar-refractivity contribution in [3.05, 3.63) is 64.8 Å². The summed E-state index contributed by atoms with van der Waals surface area (Å²) < 4.78 is 0.448. The van der Waals surface area contributed by atoms with Crippen LogP contribution in [-0.2, 0) is 0 Å². The minimum Gasteiger partial charge on any atom is -0.619 e. The van der Waals surface area contributed by atoms with Gasteiger partial charge in [0.05, 0.1) is 0 Å². The quantitative estimate of drug-likeness (QED) is 0.477. The fraction of sp³-hybridized carbons (Fsp3) is 0. The van der Waals surface area contributed by atoms with Crippen molar-refractivity contribution in [2.75, 3.05) is 0 Å². The molecule has 2 heterocycles. The van der Waals surface area contributed by atoms with E-state index in [9.17, 15) is 10.0 Å². The van der Waals surface area contributed by atoms with Gasteiger partial charge in [0.2, 0.25) is 0 Å². The zero-order chi connectivity index (χ0) is 12.7. The molecular formula is C11H9ClN2O3. The van der Waals surface area contributed by atoms with E-state index in [4.69, 9.17) is 16.7 Å². The van der Waals surface area contributed by atoms with Crippen LogP contribution in [0.2, 0.25) is 5.15 Å². The van der Waals surface area contributed by atoms with Crippen LogP contribution in [0.4, 0.5) is 0 Å². The lowest BCUT2D eigenvalue weighted by molar-refractivity contribution is -0.605. The van der Waals surface area contributed by atoms with Gasteiger partial charge in [0.1, 0.15) is 10.7 Å². The van der Waals surface area contributed by atoms with Gasteiger partial charge in [-0.1, -0.05) is 17.7 Å². The molecule has 6 heteroatoms. The number of carboxylic acids is 1. The van der Waals surface area contributed by atoms with Crippen LogP contribution in [0.5, 0.6) is 0 Å². The topological polar surface area (TPSA) is 77.1 Å². The molecule has 2 rings (SSSR count). The van der Waals surface area contributed by atoms with Gasteiger partial charge in [-0.25, -0.2) is 9.78 Å². The first kappa shape index (κ1) is 12.9. The highest BCUT2D eigenvalue weighted by atomic mass is 35.5. The smallest absolute Gasteiger partial charge is 0.341 e. The summed E-state index contributed by atoms with van der Waals surface area (Å²) in [5.41, 5.74) is -0.00231. The van der Waals surface area contributed by atoms with Crippen LogP contribution in [-0.4, -0.2) is 16.1 Å². The van der Waals surface area contributed by atoms with E-state index in [1.165, 1.54) is 18.3 Å². The van der Waals surface area contributed by atoms with Crippen LogP contribution in [0.3, 0.4) is 0 Å². The molecule has 0 atom stereocenters. The van der Waals surface area contributed by atoms with E-state index >= 15 is 0 Å². The molecule has 0 unspecified atom stereocenters. The van der Waals surface area contributed by atoms with Gasteiger partial charge in [-0.2, -0.15) is 4.73 Å². The zero-order valence-electron chi connectivity index (χ0n) is 8.65. The summed E-state index contributed by atoms with van der Waals surface area (Å²) >= 11 is 5.43. The highest BCUT2D eigenvalue weighted by molar-refractivity contribution is 6.29. The summed E-state index contributed by atoms with van der Waals surface area (Å²) in [7, 11) is 0. The molecule has 0 aliphatic heterocycles. The van der Waals surface area contributed by atoms with Gasteiger partial charge in [-0.15, -0.1) is 0 Å². The van der Waals surface area contributed by atoms with Gasteiger partial charge >= 0.3 is 5.97 Å². The molecule has 2 aromatic rings. The summed E-state index contributed by atoms with van der Waals surface area (Å²) in [5, 5.41) is 19.3. The lowest BCUT2D eigenvalue weighted by atomic mass is 10.3. The first-order valence-electron chi connectivity index (χ1n) is 4.58. The minimum absolute atomic E-state index is 0.00231. The zero-order valence-corrected chi connectivity index (χ0v) is 9.41. The summed E-state index contributed by atoms with van der Waals surface area (Å²) in [6.07, 6.45) is 3.89. The third-order valence-electron chi connectivity index (χ3n) is 1.65. The Morgan fingerprint density at radius 3 is 2.47 bits per heavy atom. The Labute approximate surface area is 103 Å². The van der Waals surface area contributed by atoms with Gasteiger partial charge in [0.25, 0.3) is 0 Å². The number of aromatic carboxylic acids is 1. The summed E-state index contributed by atoms with van der Waals surface area (Å²) in [4.78, 5) is 13.9. The Bertz CT molecular complexity index is 491. The summed E-state index contributed by atoms with van der Waals surface area (Å²) in [6, 6.07) is 8.15. The molecule has 0 spiro atoms. The van der Waals surface area contributed by atoms with E-state index in [-0.39, 0.29) is 5.56 Å². The predicted octanol–water partition coefficient (Wildman–Crippen LogP) is 1.75. The van der Waals surface area contributed by atoms with Crippen LogP contribution < -0.4 is 4.73 Å². The molecule has 0 bridgehead atoms. The van der Waals surface area contributed by atoms with E-state index in [2.05, 4.69) is 4.98 Å². The molecule has 0 aromatic carbocycles. The van der Waals surface area contributed by atoms with Crippen molar-refractivity contribution in [2.45, 2.75) is 0 Å². The third-order valence-corrected chi connectivity index (χ3v) is 1.87. The Morgan fingerprint density at radius 1 is 1.35 bits per heavy atom. The SMILES string of the molecule is Clc1ccccn1.O=C(O)c1ccc[n+]([O-])c1. The highest BCUT2D eigenvalue weighted by Crippen LogP contribution is 1.98. The van der Waals surface area contributed by atoms with E-state index < -0.39 is 5.97 Å². The van der Waals surface area contributed by atoms with Crippen molar-refractivity contribution in [1.29, 1.82) is 0 Å². The van der Waals surface area contributed by atoms with Crippen molar-refractivity contribution in [3.8, 4) is 0 Å². The van der Waals surface area contributed by atoms with Crippen LogP contribution in [0.1, 0.15) is 10.4 Å². The lowest BCUT2D eigenvalue weighted by Crippen LogP contribution is -2.25. The van der Waals surface area contributed by atoms with Crippen LogP contribution in [0.15, 0.2) is 48.9 Å². The second-order valence-electron chi connectivity index (χ2n) is 2.91. The first-order valence-corrected chi connectivity index (χ1v) is 4.96. The maximum atomic E-state index is 10.4.